The number of carbonyl (C=O) groups is 1. The number of hydrazine groups is 1. The van der Waals surface area contributed by atoms with Crippen molar-refractivity contribution in [2.75, 3.05) is 12.0 Å². The quantitative estimate of drug-likeness (QED) is 0.567. The van der Waals surface area contributed by atoms with Crippen molar-refractivity contribution in [3.8, 4) is 5.75 Å². The van der Waals surface area contributed by atoms with E-state index in [9.17, 15) is 4.79 Å². The van der Waals surface area contributed by atoms with Gasteiger partial charge in [0.05, 0.1) is 31.4 Å². The molecule has 2 aliphatic carbocycles. The number of urea groups is 1. The number of carbonyl (C=O) groups excluding carboxylic acids is 1. The van der Waals surface area contributed by atoms with Crippen LogP contribution in [0.25, 0.3) is 0 Å². The third-order valence-corrected chi connectivity index (χ3v) is 5.87. The van der Waals surface area contributed by atoms with Crippen molar-refractivity contribution in [1.82, 2.24) is 25.6 Å². The number of hydrogen-bond acceptors (Lipinski definition) is 6. The number of nitrogens with zero attached hydrogens (tertiary/aromatic N) is 3. The average molecular weight is 421 g/mol. The van der Waals surface area contributed by atoms with Gasteiger partial charge in [-0.15, -0.1) is 0 Å². The molecule has 0 bridgehead atoms. The van der Waals surface area contributed by atoms with Gasteiger partial charge in [-0.25, -0.2) is 20.2 Å². The predicted octanol–water partition coefficient (Wildman–Crippen LogP) is 3.49. The second kappa shape index (κ2) is 8.93. The summed E-state index contributed by atoms with van der Waals surface area (Å²) in [5.41, 5.74) is 10.6. The molecule has 0 atom stereocenters. The molecule has 1 aliphatic heterocycles. The minimum atomic E-state index is -0.0384. The maximum Gasteiger partial charge on any atom is 0.322 e. The Morgan fingerprint density at radius 1 is 1.16 bits per heavy atom. The fourth-order valence-corrected chi connectivity index (χ4v) is 4.05. The predicted molar refractivity (Wildman–Crippen MR) is 117 cm³/mol. The second-order valence-corrected chi connectivity index (χ2v) is 8.41. The number of nitrogens with one attached hydrogen (secondary N) is 3. The van der Waals surface area contributed by atoms with E-state index in [4.69, 9.17) is 4.74 Å². The summed E-state index contributed by atoms with van der Waals surface area (Å²) in [5, 5.41) is 2.96. The summed E-state index contributed by atoms with van der Waals surface area (Å²) >= 11 is 0. The van der Waals surface area contributed by atoms with Crippen LogP contribution in [0, 0.1) is 0 Å². The van der Waals surface area contributed by atoms with Crippen LogP contribution in [0.15, 0.2) is 47.9 Å². The number of aromatic nitrogens is 2. The molecule has 0 spiro atoms. The monoisotopic (exact) mass is 420 g/mol. The fraction of sp³-hybridized carbons (Fsp3) is 0.435. The number of rotatable bonds is 8. The standard InChI is InChI=1S/C23H28N6O2/c30-23-27-21(17-8-9-17)15-29(23)14-16-11-24-22(25-12-16)13-26-28-18-4-3-7-20(10-18)31-19-5-1-2-6-19/h3-4,7,10-12,19,26,28H,1-2,5-6,8-9,13-15H2,(H,27,30). The number of ether oxygens (including phenoxy) is 1. The van der Waals surface area contributed by atoms with Crippen molar-refractivity contribution in [2.45, 2.75) is 57.7 Å². The molecule has 2 saturated carbocycles. The highest BCUT2D eigenvalue weighted by atomic mass is 16.5. The van der Waals surface area contributed by atoms with Gasteiger partial charge in [-0.3, -0.25) is 0 Å². The van der Waals surface area contributed by atoms with Crippen LogP contribution >= 0.6 is 0 Å². The van der Waals surface area contributed by atoms with Crippen molar-refractivity contribution in [3.05, 3.63) is 59.3 Å². The highest BCUT2D eigenvalue weighted by molar-refractivity contribution is 5.80. The molecule has 0 radical (unpaired) electrons. The zero-order valence-corrected chi connectivity index (χ0v) is 17.6. The Morgan fingerprint density at radius 3 is 2.74 bits per heavy atom. The molecule has 0 unspecified atom stereocenters. The summed E-state index contributed by atoms with van der Waals surface area (Å²) in [5.74, 6) is 1.58. The Morgan fingerprint density at radius 2 is 1.97 bits per heavy atom. The first-order chi connectivity index (χ1) is 15.2. The van der Waals surface area contributed by atoms with Gasteiger partial charge in [0.1, 0.15) is 11.6 Å². The zero-order chi connectivity index (χ0) is 21.0. The first-order valence-corrected chi connectivity index (χ1v) is 11.1. The van der Waals surface area contributed by atoms with Crippen LogP contribution in [-0.4, -0.2) is 33.5 Å². The maximum atomic E-state index is 12.1. The average Bonchev–Trinajstić information content (AvgIpc) is 3.39. The van der Waals surface area contributed by atoms with Gasteiger partial charge in [0, 0.05) is 29.7 Å². The molecular weight excluding hydrogens is 392 g/mol. The van der Waals surface area contributed by atoms with Crippen LogP contribution in [-0.2, 0) is 13.1 Å². The van der Waals surface area contributed by atoms with Crippen LogP contribution in [0.2, 0.25) is 0 Å². The van der Waals surface area contributed by atoms with Crippen molar-refractivity contribution in [3.63, 3.8) is 0 Å². The van der Waals surface area contributed by atoms with E-state index >= 15 is 0 Å². The molecule has 2 heterocycles. The van der Waals surface area contributed by atoms with Crippen molar-refractivity contribution < 1.29 is 9.53 Å². The van der Waals surface area contributed by atoms with Crippen LogP contribution in [0.5, 0.6) is 5.75 Å². The lowest BCUT2D eigenvalue weighted by Crippen LogP contribution is -2.27. The van der Waals surface area contributed by atoms with E-state index in [2.05, 4.69) is 26.1 Å². The third kappa shape index (κ3) is 5.14. The van der Waals surface area contributed by atoms with Gasteiger partial charge in [0.2, 0.25) is 0 Å². The molecule has 1 aromatic heterocycles. The highest BCUT2D eigenvalue weighted by Gasteiger charge is 2.29. The number of amides is 2. The molecule has 2 amide bonds. The van der Waals surface area contributed by atoms with E-state index in [1.54, 1.807) is 17.3 Å². The minimum Gasteiger partial charge on any atom is -0.490 e. The van der Waals surface area contributed by atoms with Gasteiger partial charge in [0.25, 0.3) is 0 Å². The summed E-state index contributed by atoms with van der Waals surface area (Å²) in [7, 11) is 0. The second-order valence-electron chi connectivity index (χ2n) is 8.41. The SMILES string of the molecule is O=C1NC(=C2CC2)CN1Cc1cnc(CNNc2cccc(OC3CCCC3)c2)nc1. The summed E-state index contributed by atoms with van der Waals surface area (Å²) in [6, 6.07) is 7.93. The normalized spacial score (nSPS) is 18.5. The van der Waals surface area contributed by atoms with E-state index in [1.807, 2.05) is 24.3 Å². The Hall–Kier alpha value is -3.13. The smallest absolute Gasteiger partial charge is 0.322 e. The first-order valence-electron chi connectivity index (χ1n) is 11.1. The Bertz CT molecular complexity index is 962. The molecule has 8 nitrogen and oxygen atoms in total. The number of benzene rings is 1. The summed E-state index contributed by atoms with van der Waals surface area (Å²) < 4.78 is 6.05. The summed E-state index contributed by atoms with van der Waals surface area (Å²) in [6.07, 6.45) is 10.9. The van der Waals surface area contributed by atoms with Gasteiger partial charge in [-0.2, -0.15) is 0 Å². The van der Waals surface area contributed by atoms with Crippen molar-refractivity contribution >= 4 is 11.7 Å². The van der Waals surface area contributed by atoms with Gasteiger partial charge in [0.15, 0.2) is 0 Å². The highest BCUT2D eigenvalue weighted by Crippen LogP contribution is 2.32. The van der Waals surface area contributed by atoms with E-state index in [0.717, 1.165) is 48.4 Å². The molecule has 162 valence electrons. The number of allylic oxidation sites excluding steroid dienone is 1. The number of anilines is 1. The Balaban J connectivity index is 1.09. The lowest BCUT2D eigenvalue weighted by molar-refractivity contribution is 0.210. The van der Waals surface area contributed by atoms with Crippen molar-refractivity contribution in [2.24, 2.45) is 0 Å². The largest absolute Gasteiger partial charge is 0.490 e. The number of hydrogen-bond donors (Lipinski definition) is 3. The molecule has 8 heteroatoms. The molecule has 3 aliphatic rings. The molecule has 31 heavy (non-hydrogen) atoms. The van der Waals surface area contributed by atoms with Crippen LogP contribution in [0.1, 0.15) is 49.9 Å². The molecule has 3 fully saturated rings. The first kappa shape index (κ1) is 19.8. The molecule has 3 N–H and O–H groups in total. The fourth-order valence-electron chi connectivity index (χ4n) is 4.05. The van der Waals surface area contributed by atoms with Gasteiger partial charge in [-0.1, -0.05) is 6.07 Å². The van der Waals surface area contributed by atoms with Gasteiger partial charge in [-0.05, 0) is 56.2 Å². The zero-order valence-electron chi connectivity index (χ0n) is 17.6. The van der Waals surface area contributed by atoms with Crippen LogP contribution < -0.4 is 20.9 Å². The van der Waals surface area contributed by atoms with Crippen molar-refractivity contribution in [1.29, 1.82) is 0 Å². The minimum absolute atomic E-state index is 0.0384. The molecule has 1 aromatic carbocycles. The molecule has 2 aromatic rings. The van der Waals surface area contributed by atoms with Gasteiger partial charge >= 0.3 is 6.03 Å². The van der Waals surface area contributed by atoms with Crippen LogP contribution in [0.4, 0.5) is 10.5 Å². The van der Waals surface area contributed by atoms with E-state index in [-0.39, 0.29) is 6.03 Å². The third-order valence-electron chi connectivity index (χ3n) is 5.87. The molecule has 1 saturated heterocycles. The Labute approximate surface area is 182 Å². The van der Waals surface area contributed by atoms with E-state index in [0.29, 0.717) is 31.6 Å². The summed E-state index contributed by atoms with van der Waals surface area (Å²) in [4.78, 5) is 22.7. The van der Waals surface area contributed by atoms with E-state index < -0.39 is 0 Å². The maximum absolute atomic E-state index is 12.1. The molecular formula is C23H28N6O2. The van der Waals surface area contributed by atoms with Crippen LogP contribution in [0.3, 0.4) is 0 Å². The Kier molecular flexibility index (Phi) is 5.71. The topological polar surface area (TPSA) is 91.4 Å². The lowest BCUT2D eigenvalue weighted by Gasteiger charge is -2.15. The van der Waals surface area contributed by atoms with E-state index in [1.165, 1.54) is 18.4 Å². The summed E-state index contributed by atoms with van der Waals surface area (Å²) in [6.45, 7) is 1.65. The van der Waals surface area contributed by atoms with Gasteiger partial charge < -0.3 is 20.4 Å². The molecule has 5 rings (SSSR count). The lowest BCUT2D eigenvalue weighted by atomic mass is 10.3.